The van der Waals surface area contributed by atoms with Crippen LogP contribution in [0.1, 0.15) is 54.8 Å². The lowest BCUT2D eigenvalue weighted by atomic mass is 10.00. The fourth-order valence-corrected chi connectivity index (χ4v) is 4.87. The monoisotopic (exact) mass is 523 g/mol. The molecule has 4 rings (SSSR count). The summed E-state index contributed by atoms with van der Waals surface area (Å²) in [7, 11) is 0. The van der Waals surface area contributed by atoms with Gasteiger partial charge in [0.25, 0.3) is 0 Å². The molecule has 0 bridgehead atoms. The number of rotatable bonds is 2. The van der Waals surface area contributed by atoms with Crippen LogP contribution >= 0.6 is 22.9 Å². The molecule has 190 valence electrons. The zero-order chi connectivity index (χ0) is 27.0. The minimum Gasteiger partial charge on any atom is -0.326 e. The first-order valence-corrected chi connectivity index (χ1v) is 13.0. The third-order valence-electron chi connectivity index (χ3n) is 5.29. The van der Waals surface area contributed by atoms with Crippen molar-refractivity contribution >= 4 is 56.9 Å². The van der Waals surface area contributed by atoms with Crippen LogP contribution in [0.5, 0.6) is 0 Å². The number of nitrogens with one attached hydrogen (secondary N) is 3. The SMILES string of the molecule is CC.CC(=N)N1C(=N)CN=C(c2ccc(Cl)cc2)c2c1sc(C)c2C.CC(=O)Nc1ccc(C)cc1. The van der Waals surface area contributed by atoms with E-state index in [0.717, 1.165) is 33.1 Å². The fraction of sp³-hybridized carbons (Fsp3) is 0.286. The number of nitrogens with zero attached hydrogens (tertiary/aromatic N) is 2. The van der Waals surface area contributed by atoms with E-state index in [9.17, 15) is 4.79 Å². The molecule has 1 aliphatic rings. The summed E-state index contributed by atoms with van der Waals surface area (Å²) in [5.41, 5.74) is 6.06. The Morgan fingerprint density at radius 2 is 1.61 bits per heavy atom. The van der Waals surface area contributed by atoms with Crippen molar-refractivity contribution in [3.05, 3.63) is 80.7 Å². The number of aryl methyl sites for hydroxylation is 2. The van der Waals surface area contributed by atoms with Crippen LogP contribution in [0, 0.1) is 31.6 Å². The highest BCUT2D eigenvalue weighted by Gasteiger charge is 2.28. The summed E-state index contributed by atoms with van der Waals surface area (Å²) < 4.78 is 0. The van der Waals surface area contributed by atoms with E-state index in [1.165, 1.54) is 17.4 Å². The molecule has 8 heteroatoms. The van der Waals surface area contributed by atoms with Crippen molar-refractivity contribution in [3.8, 4) is 0 Å². The van der Waals surface area contributed by atoms with Crippen molar-refractivity contribution in [2.75, 3.05) is 16.8 Å². The first-order chi connectivity index (χ1) is 17.1. The Labute approximate surface area is 223 Å². The summed E-state index contributed by atoms with van der Waals surface area (Å²) in [6, 6.07) is 15.3. The molecule has 0 radical (unpaired) electrons. The van der Waals surface area contributed by atoms with E-state index in [1.54, 1.807) is 23.2 Å². The molecule has 36 heavy (non-hydrogen) atoms. The molecule has 6 nitrogen and oxygen atoms in total. The van der Waals surface area contributed by atoms with E-state index in [4.69, 9.17) is 22.4 Å². The van der Waals surface area contributed by atoms with Gasteiger partial charge in [-0.1, -0.05) is 55.3 Å². The molecule has 0 atom stereocenters. The third kappa shape index (κ3) is 7.12. The molecule has 2 heterocycles. The second kappa shape index (κ2) is 13.1. The summed E-state index contributed by atoms with van der Waals surface area (Å²) in [5.74, 6) is 0.628. The van der Waals surface area contributed by atoms with Gasteiger partial charge in [0.15, 0.2) is 0 Å². The van der Waals surface area contributed by atoms with Crippen molar-refractivity contribution in [2.45, 2.75) is 48.5 Å². The molecule has 2 aromatic carbocycles. The molecule has 0 unspecified atom stereocenters. The number of halogens is 1. The van der Waals surface area contributed by atoms with Crippen LogP contribution in [0.3, 0.4) is 0 Å². The Morgan fingerprint density at radius 1 is 1.03 bits per heavy atom. The second-order valence-corrected chi connectivity index (χ2v) is 9.69. The predicted octanol–water partition coefficient (Wildman–Crippen LogP) is 7.63. The van der Waals surface area contributed by atoms with Crippen LogP contribution < -0.4 is 10.2 Å². The largest absolute Gasteiger partial charge is 0.326 e. The number of hydrogen-bond acceptors (Lipinski definition) is 5. The minimum absolute atomic E-state index is 0.0335. The average molecular weight is 524 g/mol. The van der Waals surface area contributed by atoms with Gasteiger partial charge in [-0.25, -0.2) is 0 Å². The maximum Gasteiger partial charge on any atom is 0.221 e. The molecular formula is C28H34ClN5OS. The van der Waals surface area contributed by atoms with Crippen molar-refractivity contribution in [3.63, 3.8) is 0 Å². The molecule has 0 fully saturated rings. The predicted molar refractivity (Wildman–Crippen MR) is 156 cm³/mol. The summed E-state index contributed by atoms with van der Waals surface area (Å²) in [6.07, 6.45) is 0. The molecular weight excluding hydrogens is 490 g/mol. The van der Waals surface area contributed by atoms with E-state index in [0.29, 0.717) is 16.7 Å². The quantitative estimate of drug-likeness (QED) is 0.238. The smallest absolute Gasteiger partial charge is 0.221 e. The van der Waals surface area contributed by atoms with Gasteiger partial charge in [0.05, 0.1) is 12.3 Å². The molecule has 0 saturated carbocycles. The van der Waals surface area contributed by atoms with Crippen LogP contribution in [-0.4, -0.2) is 29.8 Å². The van der Waals surface area contributed by atoms with Crippen LogP contribution in [-0.2, 0) is 4.79 Å². The minimum atomic E-state index is -0.0335. The summed E-state index contributed by atoms with van der Waals surface area (Å²) in [6.45, 7) is 13.6. The molecule has 3 aromatic rings. The van der Waals surface area contributed by atoms with E-state index < -0.39 is 0 Å². The standard InChI is InChI=1S/C17H17ClN4S.C9H11NO.C2H6/c1-9-10(2)23-17-15(9)16(12-4-6-13(18)7-5-12)21-8-14(20)22(17)11(3)19;1-7-3-5-9(6-4-7)10-8(2)11;1-2/h4-7,19-20H,8H2,1-3H3;3-6H,1-2H3,(H,10,11);1-2H3. The molecule has 0 spiro atoms. The van der Waals surface area contributed by atoms with Crippen molar-refractivity contribution in [1.29, 1.82) is 10.8 Å². The molecule has 0 saturated heterocycles. The van der Waals surface area contributed by atoms with Gasteiger partial charge in [-0.3, -0.25) is 25.5 Å². The van der Waals surface area contributed by atoms with Gasteiger partial charge in [-0.2, -0.15) is 0 Å². The second-order valence-electron chi connectivity index (χ2n) is 8.05. The Bertz CT molecular complexity index is 1260. The van der Waals surface area contributed by atoms with Gasteiger partial charge in [0.2, 0.25) is 5.91 Å². The topological polar surface area (TPSA) is 92.4 Å². The van der Waals surface area contributed by atoms with Crippen LogP contribution in [0.2, 0.25) is 5.02 Å². The lowest BCUT2D eigenvalue weighted by molar-refractivity contribution is -0.114. The number of amidine groups is 2. The van der Waals surface area contributed by atoms with Gasteiger partial charge >= 0.3 is 0 Å². The van der Waals surface area contributed by atoms with Crippen molar-refractivity contribution < 1.29 is 4.79 Å². The van der Waals surface area contributed by atoms with Crippen LogP contribution in [0.25, 0.3) is 0 Å². The maximum absolute atomic E-state index is 10.6. The van der Waals surface area contributed by atoms with Crippen molar-refractivity contribution in [1.82, 2.24) is 0 Å². The number of carbonyl (C=O) groups is 1. The highest BCUT2D eigenvalue weighted by Crippen LogP contribution is 2.39. The molecule has 1 aliphatic heterocycles. The van der Waals surface area contributed by atoms with E-state index in [2.05, 4.69) is 24.2 Å². The highest BCUT2D eigenvalue weighted by molar-refractivity contribution is 7.17. The first-order valence-electron chi connectivity index (χ1n) is 11.8. The van der Waals surface area contributed by atoms with Gasteiger partial charge in [-0.15, -0.1) is 11.3 Å². The fourth-order valence-electron chi connectivity index (χ4n) is 3.51. The lowest BCUT2D eigenvalue weighted by Gasteiger charge is -2.21. The number of fused-ring (bicyclic) bond motifs is 1. The molecule has 1 amide bonds. The Hall–Kier alpha value is -3.29. The summed E-state index contributed by atoms with van der Waals surface area (Å²) in [4.78, 5) is 18.1. The Morgan fingerprint density at radius 3 is 2.14 bits per heavy atom. The number of amides is 1. The maximum atomic E-state index is 10.6. The van der Waals surface area contributed by atoms with Crippen molar-refractivity contribution in [2.24, 2.45) is 4.99 Å². The average Bonchev–Trinajstić information content (AvgIpc) is 3.02. The number of hydrogen-bond donors (Lipinski definition) is 3. The van der Waals surface area contributed by atoms with E-state index in [-0.39, 0.29) is 12.5 Å². The van der Waals surface area contributed by atoms with Crippen LogP contribution in [0.15, 0.2) is 53.5 Å². The number of thiophene rings is 1. The van der Waals surface area contributed by atoms with Gasteiger partial charge in [-0.05, 0) is 57.5 Å². The molecule has 1 aromatic heterocycles. The lowest BCUT2D eigenvalue weighted by Crippen LogP contribution is -2.35. The Kier molecular flexibility index (Phi) is 10.6. The number of aliphatic imine (C=N–C) groups is 1. The number of carbonyl (C=O) groups excluding carboxylic acids is 1. The van der Waals surface area contributed by atoms with E-state index >= 15 is 0 Å². The normalized spacial score (nSPS) is 12.2. The third-order valence-corrected chi connectivity index (χ3v) is 6.73. The Balaban J connectivity index is 0.000000295. The number of benzene rings is 2. The first kappa shape index (κ1) is 28.9. The summed E-state index contributed by atoms with van der Waals surface area (Å²) in [5, 5.41) is 20.6. The van der Waals surface area contributed by atoms with Crippen LogP contribution in [0.4, 0.5) is 10.7 Å². The van der Waals surface area contributed by atoms with Gasteiger partial charge in [0, 0.05) is 33.6 Å². The molecule has 3 N–H and O–H groups in total. The van der Waals surface area contributed by atoms with Gasteiger partial charge in [0.1, 0.15) is 16.7 Å². The molecule has 0 aliphatic carbocycles. The summed E-state index contributed by atoms with van der Waals surface area (Å²) >= 11 is 7.61. The number of anilines is 2. The zero-order valence-electron chi connectivity index (χ0n) is 21.9. The van der Waals surface area contributed by atoms with E-state index in [1.807, 2.05) is 69.3 Å². The van der Waals surface area contributed by atoms with Gasteiger partial charge < -0.3 is 5.32 Å². The zero-order valence-corrected chi connectivity index (χ0v) is 23.5. The highest BCUT2D eigenvalue weighted by atomic mass is 35.5.